The number of sulfonamides is 1. The standard InChI is InChI=1S/C16H18BrN5O5S/c1-8(2)27-15(23)10-6-14(19-18-10)20-28(25,26)13-7-12-11(5-9(13)17)21(3)16(24)22(12)4/h5-8H,1-4H3,(H2,18,19,20). The summed E-state index contributed by atoms with van der Waals surface area (Å²) in [7, 11) is -0.887. The van der Waals surface area contributed by atoms with Crippen molar-refractivity contribution in [3.63, 3.8) is 0 Å². The van der Waals surface area contributed by atoms with E-state index in [-0.39, 0.29) is 32.7 Å². The Bertz CT molecular complexity index is 1240. The van der Waals surface area contributed by atoms with E-state index < -0.39 is 16.0 Å². The zero-order valence-corrected chi connectivity index (χ0v) is 17.9. The SMILES string of the molecule is CC(C)OC(=O)c1cc(NS(=O)(=O)c2cc3c(cc2Br)n(C)c(=O)n3C)n[nH]1. The Morgan fingerprint density at radius 1 is 1.21 bits per heavy atom. The number of hydrogen-bond acceptors (Lipinski definition) is 6. The highest BCUT2D eigenvalue weighted by Gasteiger charge is 2.23. The van der Waals surface area contributed by atoms with E-state index in [4.69, 9.17) is 4.74 Å². The van der Waals surface area contributed by atoms with Gasteiger partial charge in [0.25, 0.3) is 10.0 Å². The van der Waals surface area contributed by atoms with Gasteiger partial charge in [-0.3, -0.25) is 19.0 Å². The number of carbonyl (C=O) groups is 1. The third-order valence-corrected chi connectivity index (χ3v) is 6.31. The van der Waals surface area contributed by atoms with Crippen LogP contribution in [0, 0.1) is 0 Å². The number of rotatable bonds is 5. The summed E-state index contributed by atoms with van der Waals surface area (Å²) in [6, 6.07) is 4.19. The molecule has 0 unspecified atom stereocenters. The number of aromatic amines is 1. The van der Waals surface area contributed by atoms with Crippen LogP contribution in [0.1, 0.15) is 24.3 Å². The average molecular weight is 472 g/mol. The molecule has 0 bridgehead atoms. The van der Waals surface area contributed by atoms with Gasteiger partial charge < -0.3 is 4.74 Å². The fourth-order valence-corrected chi connectivity index (χ4v) is 4.70. The maximum atomic E-state index is 12.8. The lowest BCUT2D eigenvalue weighted by Crippen LogP contribution is -2.19. The normalized spacial score (nSPS) is 11.9. The van der Waals surface area contributed by atoms with Crippen molar-refractivity contribution in [1.29, 1.82) is 0 Å². The number of H-pyrrole nitrogens is 1. The minimum Gasteiger partial charge on any atom is -0.458 e. The van der Waals surface area contributed by atoms with Crippen molar-refractivity contribution in [3.05, 3.63) is 38.9 Å². The molecule has 0 aliphatic carbocycles. The number of benzene rings is 1. The predicted molar refractivity (Wildman–Crippen MR) is 106 cm³/mol. The molecule has 150 valence electrons. The van der Waals surface area contributed by atoms with Crippen LogP contribution in [0.4, 0.5) is 5.82 Å². The molecule has 28 heavy (non-hydrogen) atoms. The fourth-order valence-electron chi connectivity index (χ4n) is 2.66. The van der Waals surface area contributed by atoms with E-state index in [9.17, 15) is 18.0 Å². The Morgan fingerprint density at radius 3 is 2.43 bits per heavy atom. The summed E-state index contributed by atoms with van der Waals surface area (Å²) in [4.78, 5) is 23.9. The van der Waals surface area contributed by atoms with Gasteiger partial charge in [0.15, 0.2) is 5.82 Å². The molecular weight excluding hydrogens is 454 g/mol. The molecule has 0 aliphatic rings. The summed E-state index contributed by atoms with van der Waals surface area (Å²) >= 11 is 3.24. The maximum Gasteiger partial charge on any atom is 0.356 e. The number of esters is 1. The minimum absolute atomic E-state index is 0.0198. The van der Waals surface area contributed by atoms with Crippen LogP contribution in [-0.4, -0.2) is 39.8 Å². The van der Waals surface area contributed by atoms with Crippen LogP contribution < -0.4 is 10.4 Å². The van der Waals surface area contributed by atoms with Gasteiger partial charge in [-0.2, -0.15) is 5.10 Å². The third kappa shape index (κ3) is 3.56. The molecule has 0 radical (unpaired) electrons. The zero-order valence-electron chi connectivity index (χ0n) is 15.5. The Balaban J connectivity index is 1.97. The molecule has 3 aromatic rings. The molecule has 0 aliphatic heterocycles. The van der Waals surface area contributed by atoms with Crippen molar-refractivity contribution in [2.24, 2.45) is 14.1 Å². The van der Waals surface area contributed by atoms with Crippen molar-refractivity contribution < 1.29 is 17.9 Å². The summed E-state index contributed by atoms with van der Waals surface area (Å²) in [5, 5.41) is 6.23. The average Bonchev–Trinajstić information content (AvgIpc) is 3.13. The molecule has 10 nitrogen and oxygen atoms in total. The quantitative estimate of drug-likeness (QED) is 0.545. The van der Waals surface area contributed by atoms with E-state index >= 15 is 0 Å². The van der Waals surface area contributed by atoms with Crippen molar-refractivity contribution >= 4 is 48.8 Å². The highest BCUT2D eigenvalue weighted by molar-refractivity contribution is 9.10. The van der Waals surface area contributed by atoms with Gasteiger partial charge in [-0.1, -0.05) is 0 Å². The van der Waals surface area contributed by atoms with Gasteiger partial charge in [0.1, 0.15) is 10.6 Å². The molecule has 0 atom stereocenters. The predicted octanol–water partition coefficient (Wildman–Crippen LogP) is 1.73. The second-order valence-electron chi connectivity index (χ2n) is 6.40. The van der Waals surface area contributed by atoms with Crippen LogP contribution in [0.3, 0.4) is 0 Å². The van der Waals surface area contributed by atoms with Crippen molar-refractivity contribution in [2.45, 2.75) is 24.8 Å². The van der Waals surface area contributed by atoms with Crippen LogP contribution in [0.15, 0.2) is 32.4 Å². The minimum atomic E-state index is -4.05. The Hall–Kier alpha value is -2.60. The van der Waals surface area contributed by atoms with Gasteiger partial charge in [0, 0.05) is 24.6 Å². The van der Waals surface area contributed by atoms with Crippen LogP contribution in [0.25, 0.3) is 11.0 Å². The molecule has 12 heteroatoms. The van der Waals surface area contributed by atoms with E-state index in [2.05, 4.69) is 30.8 Å². The van der Waals surface area contributed by atoms with Crippen LogP contribution in [0.2, 0.25) is 0 Å². The highest BCUT2D eigenvalue weighted by Crippen LogP contribution is 2.28. The molecule has 1 aromatic carbocycles. The number of carbonyl (C=O) groups excluding carboxylic acids is 1. The van der Waals surface area contributed by atoms with Gasteiger partial charge in [-0.25, -0.2) is 18.0 Å². The lowest BCUT2D eigenvalue weighted by atomic mass is 10.3. The van der Waals surface area contributed by atoms with Gasteiger partial charge in [-0.05, 0) is 41.9 Å². The van der Waals surface area contributed by atoms with Crippen molar-refractivity contribution in [2.75, 3.05) is 4.72 Å². The first-order chi connectivity index (χ1) is 13.0. The van der Waals surface area contributed by atoms with E-state index in [0.29, 0.717) is 11.0 Å². The first-order valence-corrected chi connectivity index (χ1v) is 10.4. The number of hydrogen-bond donors (Lipinski definition) is 2. The molecule has 0 saturated heterocycles. The Morgan fingerprint density at radius 2 is 1.82 bits per heavy atom. The first kappa shape index (κ1) is 20.1. The molecule has 0 amide bonds. The molecule has 0 fully saturated rings. The number of nitrogens with one attached hydrogen (secondary N) is 2. The van der Waals surface area contributed by atoms with E-state index in [0.717, 1.165) is 0 Å². The maximum absolute atomic E-state index is 12.8. The van der Waals surface area contributed by atoms with E-state index in [1.807, 2.05) is 0 Å². The lowest BCUT2D eigenvalue weighted by molar-refractivity contribution is 0.0371. The van der Waals surface area contributed by atoms with E-state index in [1.165, 1.54) is 21.3 Å². The number of ether oxygens (including phenoxy) is 1. The summed E-state index contributed by atoms with van der Waals surface area (Å²) in [6.45, 7) is 3.39. The molecule has 3 rings (SSSR count). The molecule has 2 heterocycles. The second kappa shape index (κ2) is 7.09. The smallest absolute Gasteiger partial charge is 0.356 e. The monoisotopic (exact) mass is 471 g/mol. The lowest BCUT2D eigenvalue weighted by Gasteiger charge is -2.08. The molecular formula is C16H18BrN5O5S. The number of aryl methyl sites for hydroxylation is 2. The number of fused-ring (bicyclic) bond motifs is 1. The van der Waals surface area contributed by atoms with E-state index in [1.54, 1.807) is 34.0 Å². The van der Waals surface area contributed by atoms with Crippen LogP contribution in [-0.2, 0) is 28.9 Å². The number of anilines is 1. The van der Waals surface area contributed by atoms with Gasteiger partial charge in [0.2, 0.25) is 0 Å². The summed E-state index contributed by atoms with van der Waals surface area (Å²) in [5.74, 6) is -0.709. The van der Waals surface area contributed by atoms with Gasteiger partial charge >= 0.3 is 11.7 Å². The Labute approximate surface area is 168 Å². The summed E-state index contributed by atoms with van der Waals surface area (Å²) in [6.07, 6.45) is -0.323. The second-order valence-corrected chi connectivity index (χ2v) is 8.90. The fraction of sp³-hybridized carbons (Fsp3) is 0.312. The Kier molecular flexibility index (Phi) is 5.10. The number of halogens is 1. The van der Waals surface area contributed by atoms with Crippen molar-refractivity contribution in [1.82, 2.24) is 19.3 Å². The van der Waals surface area contributed by atoms with Gasteiger partial charge in [-0.15, -0.1) is 0 Å². The van der Waals surface area contributed by atoms with Crippen LogP contribution >= 0.6 is 15.9 Å². The molecule has 2 N–H and O–H groups in total. The molecule has 0 saturated carbocycles. The zero-order chi connectivity index (χ0) is 20.8. The molecule has 2 aromatic heterocycles. The summed E-state index contributed by atoms with van der Waals surface area (Å²) < 4.78 is 36.0. The van der Waals surface area contributed by atoms with Gasteiger partial charge in [0.05, 0.1) is 17.1 Å². The third-order valence-electron chi connectivity index (χ3n) is 3.99. The van der Waals surface area contributed by atoms with Crippen LogP contribution in [0.5, 0.6) is 0 Å². The number of nitrogens with zero attached hydrogens (tertiary/aromatic N) is 3. The molecule has 0 spiro atoms. The largest absolute Gasteiger partial charge is 0.458 e. The number of aromatic nitrogens is 4. The first-order valence-electron chi connectivity index (χ1n) is 8.15. The number of imidazole rings is 1. The highest BCUT2D eigenvalue weighted by atomic mass is 79.9. The topological polar surface area (TPSA) is 128 Å². The summed E-state index contributed by atoms with van der Waals surface area (Å²) in [5.41, 5.74) is 0.785. The van der Waals surface area contributed by atoms with Crippen molar-refractivity contribution in [3.8, 4) is 0 Å².